The molecule has 1 aromatic rings. The number of ketones is 1. The quantitative estimate of drug-likeness (QED) is 0.617. The highest BCUT2D eigenvalue weighted by molar-refractivity contribution is 9.10. The lowest BCUT2D eigenvalue weighted by atomic mass is 9.64. The molecule has 6 nitrogen and oxygen atoms in total. The van der Waals surface area contributed by atoms with E-state index in [1.807, 2.05) is 20.8 Å². The molecule has 1 amide bonds. The molecule has 2 bridgehead atoms. The fourth-order valence-electron chi connectivity index (χ4n) is 4.33. The van der Waals surface area contributed by atoms with Gasteiger partial charge in [0.25, 0.3) is 5.69 Å². The van der Waals surface area contributed by atoms with E-state index in [2.05, 4.69) is 21.2 Å². The summed E-state index contributed by atoms with van der Waals surface area (Å²) in [4.78, 5) is 36.0. The Morgan fingerprint density at radius 3 is 2.46 bits per heavy atom. The van der Waals surface area contributed by atoms with Crippen LogP contribution in [-0.2, 0) is 9.59 Å². The summed E-state index contributed by atoms with van der Waals surface area (Å²) in [6, 6.07) is 4.24. The van der Waals surface area contributed by atoms with Gasteiger partial charge in [-0.05, 0) is 40.3 Å². The molecule has 0 spiro atoms. The lowest BCUT2D eigenvalue weighted by molar-refractivity contribution is -0.384. The van der Waals surface area contributed by atoms with Gasteiger partial charge >= 0.3 is 0 Å². The molecule has 2 atom stereocenters. The number of carbonyl (C=O) groups is 2. The SMILES string of the molecule is CC1(C)[C@@]2(C(=O)Nc3cc([N+](=O)[O-])ccc3Br)CC[C@@]1(C)C(=O)C2. The van der Waals surface area contributed by atoms with Crippen molar-refractivity contribution in [3.05, 3.63) is 32.8 Å². The largest absolute Gasteiger partial charge is 0.324 e. The maximum atomic E-state index is 13.1. The second-order valence-electron chi connectivity index (χ2n) is 7.51. The number of halogens is 1. The number of anilines is 1. The summed E-state index contributed by atoms with van der Waals surface area (Å²) >= 11 is 3.31. The van der Waals surface area contributed by atoms with Crippen molar-refractivity contribution in [1.29, 1.82) is 0 Å². The van der Waals surface area contributed by atoms with Crippen molar-refractivity contribution in [2.45, 2.75) is 40.0 Å². The van der Waals surface area contributed by atoms with Crippen LogP contribution in [0.2, 0.25) is 0 Å². The smallest absolute Gasteiger partial charge is 0.271 e. The summed E-state index contributed by atoms with van der Waals surface area (Å²) < 4.78 is 0.570. The van der Waals surface area contributed by atoms with Crippen molar-refractivity contribution in [2.24, 2.45) is 16.2 Å². The van der Waals surface area contributed by atoms with Crippen LogP contribution in [-0.4, -0.2) is 16.6 Å². The summed E-state index contributed by atoms with van der Waals surface area (Å²) in [6.45, 7) is 5.90. The molecule has 2 saturated carbocycles. The predicted octanol–water partition coefficient (Wildman–Crippen LogP) is 4.08. The monoisotopic (exact) mass is 394 g/mol. The van der Waals surface area contributed by atoms with Gasteiger partial charge in [0, 0.05) is 28.4 Å². The summed E-state index contributed by atoms with van der Waals surface area (Å²) in [5.74, 6) is -0.102. The highest BCUT2D eigenvalue weighted by Gasteiger charge is 2.72. The number of amides is 1. The van der Waals surface area contributed by atoms with Crippen LogP contribution in [0, 0.1) is 26.4 Å². The van der Waals surface area contributed by atoms with Crippen molar-refractivity contribution in [3.63, 3.8) is 0 Å². The van der Waals surface area contributed by atoms with Crippen molar-refractivity contribution in [1.82, 2.24) is 0 Å². The van der Waals surface area contributed by atoms with Gasteiger partial charge < -0.3 is 5.32 Å². The number of non-ortho nitro benzene ring substituents is 1. The molecule has 0 radical (unpaired) electrons. The van der Waals surface area contributed by atoms with Crippen molar-refractivity contribution in [3.8, 4) is 0 Å². The molecule has 7 heteroatoms. The highest BCUT2D eigenvalue weighted by Crippen LogP contribution is 2.70. The van der Waals surface area contributed by atoms with Crippen LogP contribution in [0.3, 0.4) is 0 Å². The average molecular weight is 395 g/mol. The Morgan fingerprint density at radius 1 is 1.29 bits per heavy atom. The first-order valence-corrected chi connectivity index (χ1v) is 8.63. The number of Topliss-reactive ketones (excluding diaryl/α,β-unsaturated/α-hetero) is 1. The molecule has 1 N–H and O–H groups in total. The average Bonchev–Trinajstić information content (AvgIpc) is 2.79. The molecule has 0 heterocycles. The van der Waals surface area contributed by atoms with Gasteiger partial charge in [-0.2, -0.15) is 0 Å². The van der Waals surface area contributed by atoms with E-state index in [0.717, 1.165) is 0 Å². The molecule has 3 rings (SSSR count). The highest BCUT2D eigenvalue weighted by atomic mass is 79.9. The number of rotatable bonds is 3. The van der Waals surface area contributed by atoms with Crippen LogP contribution >= 0.6 is 15.9 Å². The van der Waals surface area contributed by atoms with Gasteiger partial charge in [-0.3, -0.25) is 19.7 Å². The minimum atomic E-state index is -0.761. The fraction of sp³-hybridized carbons (Fsp3) is 0.529. The zero-order valence-electron chi connectivity index (χ0n) is 13.8. The Labute approximate surface area is 148 Å². The Hall–Kier alpha value is -1.76. The van der Waals surface area contributed by atoms with E-state index in [0.29, 0.717) is 23.0 Å². The number of nitro groups is 1. The van der Waals surface area contributed by atoms with Crippen LogP contribution in [0.5, 0.6) is 0 Å². The zero-order chi connectivity index (χ0) is 17.9. The maximum Gasteiger partial charge on any atom is 0.271 e. The third-order valence-electron chi connectivity index (χ3n) is 6.55. The number of fused-ring (bicyclic) bond motifs is 2. The molecule has 0 saturated heterocycles. The topological polar surface area (TPSA) is 89.3 Å². The van der Waals surface area contributed by atoms with Gasteiger partial charge in [-0.15, -0.1) is 0 Å². The molecule has 2 fully saturated rings. The normalized spacial score (nSPS) is 30.4. The lowest BCUT2D eigenvalue weighted by Crippen LogP contribution is -2.43. The molecular weight excluding hydrogens is 376 g/mol. The standard InChI is InChI=1S/C17H19BrN2O4/c1-15(2)16(3)6-7-17(15,9-13(16)21)14(22)19-12-8-10(20(23)24)4-5-11(12)18/h4-5,8H,6-7,9H2,1-3H3,(H,19,22)/t16-,17-/m0/s1. The zero-order valence-corrected chi connectivity index (χ0v) is 15.4. The Kier molecular flexibility index (Phi) is 3.64. The van der Waals surface area contributed by atoms with E-state index in [1.165, 1.54) is 18.2 Å². The summed E-state index contributed by atoms with van der Waals surface area (Å²) in [5, 5.41) is 13.8. The summed E-state index contributed by atoms with van der Waals surface area (Å²) in [6.07, 6.45) is 1.58. The van der Waals surface area contributed by atoms with Gasteiger partial charge in [0.05, 0.1) is 16.0 Å². The van der Waals surface area contributed by atoms with Gasteiger partial charge in [0.15, 0.2) is 0 Å². The number of hydrogen-bond acceptors (Lipinski definition) is 4. The fourth-order valence-corrected chi connectivity index (χ4v) is 4.67. The number of carbonyl (C=O) groups excluding carboxylic acids is 2. The first-order valence-electron chi connectivity index (χ1n) is 7.84. The van der Waals surface area contributed by atoms with Gasteiger partial charge in [0.1, 0.15) is 5.78 Å². The van der Waals surface area contributed by atoms with Gasteiger partial charge in [0.2, 0.25) is 5.91 Å². The Balaban J connectivity index is 1.96. The number of nitrogens with one attached hydrogen (secondary N) is 1. The van der Waals surface area contributed by atoms with Crippen LogP contribution in [0.15, 0.2) is 22.7 Å². The molecule has 128 valence electrons. The van der Waals surface area contributed by atoms with Crippen LogP contribution < -0.4 is 5.32 Å². The minimum Gasteiger partial charge on any atom is -0.324 e. The number of nitrogens with zero attached hydrogens (tertiary/aromatic N) is 1. The number of nitro benzene ring substituents is 1. The van der Waals surface area contributed by atoms with Crippen molar-refractivity contribution in [2.75, 3.05) is 5.32 Å². The summed E-state index contributed by atoms with van der Waals surface area (Å²) in [7, 11) is 0. The van der Waals surface area contributed by atoms with E-state index in [1.54, 1.807) is 0 Å². The second-order valence-corrected chi connectivity index (χ2v) is 8.37. The van der Waals surface area contributed by atoms with Crippen molar-refractivity contribution >= 4 is 39.0 Å². The van der Waals surface area contributed by atoms with Crippen LogP contribution in [0.25, 0.3) is 0 Å². The van der Waals surface area contributed by atoms with Crippen molar-refractivity contribution < 1.29 is 14.5 Å². The molecule has 0 aliphatic heterocycles. The van der Waals surface area contributed by atoms with Crippen LogP contribution in [0.1, 0.15) is 40.0 Å². The molecule has 0 aromatic heterocycles. The second kappa shape index (κ2) is 5.12. The first kappa shape index (κ1) is 17.1. The Morgan fingerprint density at radius 2 is 1.96 bits per heavy atom. The van der Waals surface area contributed by atoms with E-state index >= 15 is 0 Å². The Bertz CT molecular complexity index is 776. The van der Waals surface area contributed by atoms with E-state index < -0.39 is 21.2 Å². The van der Waals surface area contributed by atoms with Crippen LogP contribution in [0.4, 0.5) is 11.4 Å². The first-order chi connectivity index (χ1) is 11.0. The maximum absolute atomic E-state index is 13.1. The third kappa shape index (κ3) is 2.00. The molecule has 0 unspecified atom stereocenters. The molecule has 2 aliphatic carbocycles. The minimum absolute atomic E-state index is 0.0935. The number of hydrogen-bond donors (Lipinski definition) is 1. The molecule has 1 aromatic carbocycles. The molecule has 2 aliphatic rings. The van der Waals surface area contributed by atoms with Gasteiger partial charge in [-0.1, -0.05) is 20.8 Å². The molecular formula is C17H19BrN2O4. The van der Waals surface area contributed by atoms with E-state index in [9.17, 15) is 19.7 Å². The lowest BCUT2D eigenvalue weighted by Gasteiger charge is -2.38. The number of benzene rings is 1. The van der Waals surface area contributed by atoms with Gasteiger partial charge in [-0.25, -0.2) is 0 Å². The molecule has 24 heavy (non-hydrogen) atoms. The van der Waals surface area contributed by atoms with E-state index in [4.69, 9.17) is 0 Å². The van der Waals surface area contributed by atoms with E-state index in [-0.39, 0.29) is 23.8 Å². The predicted molar refractivity (Wildman–Crippen MR) is 92.6 cm³/mol. The third-order valence-corrected chi connectivity index (χ3v) is 7.24. The summed E-state index contributed by atoms with van der Waals surface area (Å²) in [5.41, 5.74) is -1.43.